The summed E-state index contributed by atoms with van der Waals surface area (Å²) in [4.78, 5) is 12.0. The molecule has 2 bridgehead atoms. The Morgan fingerprint density at radius 3 is 2.62 bits per heavy atom. The molecule has 4 aliphatic heterocycles. The summed E-state index contributed by atoms with van der Waals surface area (Å²) in [6.07, 6.45) is 6.03. The lowest BCUT2D eigenvalue weighted by atomic mass is 9.58. The van der Waals surface area contributed by atoms with Crippen molar-refractivity contribution in [3.8, 4) is 0 Å². The van der Waals surface area contributed by atoms with E-state index in [2.05, 4.69) is 44.2 Å². The number of hydrogen-bond acceptors (Lipinski definition) is 4. The summed E-state index contributed by atoms with van der Waals surface area (Å²) >= 11 is 0. The van der Waals surface area contributed by atoms with Gasteiger partial charge in [0, 0.05) is 24.2 Å². The monoisotopic (exact) mass is 356 g/mol. The first-order chi connectivity index (χ1) is 12.5. The maximum Gasteiger partial charge on any atom is 0.235 e. The van der Waals surface area contributed by atoms with Crippen molar-refractivity contribution in [2.75, 3.05) is 0 Å². The van der Waals surface area contributed by atoms with Crippen molar-refractivity contribution < 1.29 is 19.2 Å². The van der Waals surface area contributed by atoms with Gasteiger partial charge in [0.25, 0.3) is 0 Å². The fourth-order valence-corrected chi connectivity index (χ4v) is 5.69. The van der Waals surface area contributed by atoms with Crippen LogP contribution in [0.25, 0.3) is 6.08 Å². The van der Waals surface area contributed by atoms with Crippen molar-refractivity contribution in [1.82, 2.24) is 0 Å². The third kappa shape index (κ3) is 2.32. The molecule has 4 heterocycles. The van der Waals surface area contributed by atoms with Gasteiger partial charge in [0.05, 0.1) is 0 Å². The van der Waals surface area contributed by atoms with Gasteiger partial charge in [-0.25, -0.2) is 9.78 Å². The molecule has 0 aromatic heterocycles. The second-order valence-corrected chi connectivity index (χ2v) is 8.77. The van der Waals surface area contributed by atoms with E-state index in [4.69, 9.17) is 19.2 Å². The van der Waals surface area contributed by atoms with Gasteiger partial charge < -0.3 is 9.47 Å². The van der Waals surface area contributed by atoms with E-state index >= 15 is 0 Å². The van der Waals surface area contributed by atoms with Gasteiger partial charge in [-0.05, 0) is 43.7 Å². The second-order valence-electron chi connectivity index (χ2n) is 8.77. The van der Waals surface area contributed by atoms with Crippen LogP contribution in [0, 0.1) is 23.7 Å². The maximum atomic E-state index is 6.50. The zero-order valence-electron chi connectivity index (χ0n) is 15.8. The zero-order chi connectivity index (χ0) is 17.9. The highest BCUT2D eigenvalue weighted by atomic mass is 17.3. The zero-order valence-corrected chi connectivity index (χ0v) is 15.8. The second kappa shape index (κ2) is 5.82. The molecule has 4 nitrogen and oxygen atoms in total. The minimum atomic E-state index is -0.712. The molecule has 6 rings (SSSR count). The third-order valence-electron chi connectivity index (χ3n) is 7.18. The summed E-state index contributed by atoms with van der Waals surface area (Å²) in [6, 6.07) is 10.4. The highest BCUT2D eigenvalue weighted by Crippen LogP contribution is 2.61. The summed E-state index contributed by atoms with van der Waals surface area (Å²) in [7, 11) is 0. The lowest BCUT2D eigenvalue weighted by molar-refractivity contribution is -0.562. The Bertz CT molecular complexity index is 716. The SMILES string of the molecule is C[C@@H]1CC[C@H]2[C@@H](C)/C(=C\c3ccccc3)O[C@@H]3O[C@@]4(C)CC[C@@H]1[C@]32OO4. The topological polar surface area (TPSA) is 36.9 Å². The predicted molar refractivity (Wildman–Crippen MR) is 97.5 cm³/mol. The van der Waals surface area contributed by atoms with Crippen LogP contribution in [0.2, 0.25) is 0 Å². The molecule has 26 heavy (non-hydrogen) atoms. The van der Waals surface area contributed by atoms with Crippen molar-refractivity contribution in [2.45, 2.75) is 64.1 Å². The molecule has 140 valence electrons. The Labute approximate surface area is 155 Å². The molecule has 1 aliphatic carbocycles. The maximum absolute atomic E-state index is 6.50. The molecule has 0 amide bonds. The first-order valence-corrected chi connectivity index (χ1v) is 10.00. The van der Waals surface area contributed by atoms with Crippen molar-refractivity contribution in [3.05, 3.63) is 41.7 Å². The average molecular weight is 356 g/mol. The van der Waals surface area contributed by atoms with Crippen LogP contribution in [0.15, 0.2) is 36.1 Å². The molecule has 1 saturated carbocycles. The van der Waals surface area contributed by atoms with Crippen LogP contribution < -0.4 is 0 Å². The summed E-state index contributed by atoms with van der Waals surface area (Å²) in [6.45, 7) is 6.58. The van der Waals surface area contributed by atoms with Crippen LogP contribution in [-0.2, 0) is 19.2 Å². The lowest BCUT2D eigenvalue weighted by Crippen LogP contribution is -2.68. The number of benzene rings is 1. The van der Waals surface area contributed by atoms with Gasteiger partial charge in [-0.1, -0.05) is 44.2 Å². The highest BCUT2D eigenvalue weighted by Gasteiger charge is 2.69. The van der Waals surface area contributed by atoms with Gasteiger partial charge in [0.2, 0.25) is 12.1 Å². The molecule has 4 heteroatoms. The molecule has 0 radical (unpaired) electrons. The molecule has 4 saturated heterocycles. The standard InChI is InChI=1S/C22H28O4/c1-14-9-10-18-15(2)19(13-16-7-5-4-6-8-16)23-20-22(18)17(14)11-12-21(3,24-20)25-26-22/h4-8,13-15,17-18,20H,9-12H2,1-3H3/b19-13+/t14-,15-,17+,18+,20-,21-,22-/m1/s1. The highest BCUT2D eigenvalue weighted by molar-refractivity contribution is 5.52. The lowest BCUT2D eigenvalue weighted by Gasteiger charge is -2.59. The molecular weight excluding hydrogens is 328 g/mol. The Kier molecular flexibility index (Phi) is 3.76. The summed E-state index contributed by atoms with van der Waals surface area (Å²) in [5.74, 6) is 1.92. The summed E-state index contributed by atoms with van der Waals surface area (Å²) in [5, 5.41) is 0. The summed E-state index contributed by atoms with van der Waals surface area (Å²) < 4.78 is 12.9. The van der Waals surface area contributed by atoms with Crippen LogP contribution in [0.4, 0.5) is 0 Å². The molecule has 1 spiro atoms. The van der Waals surface area contributed by atoms with E-state index in [1.165, 1.54) is 6.42 Å². The quantitative estimate of drug-likeness (QED) is 0.670. The van der Waals surface area contributed by atoms with E-state index in [1.807, 2.05) is 13.0 Å². The molecule has 5 fully saturated rings. The first kappa shape index (κ1) is 16.8. The number of hydrogen-bond donors (Lipinski definition) is 0. The third-order valence-corrected chi connectivity index (χ3v) is 7.18. The largest absolute Gasteiger partial charge is 0.466 e. The van der Waals surface area contributed by atoms with Crippen molar-refractivity contribution in [3.63, 3.8) is 0 Å². The Hall–Kier alpha value is -1.36. The first-order valence-electron chi connectivity index (χ1n) is 10.00. The van der Waals surface area contributed by atoms with E-state index in [-0.39, 0.29) is 5.92 Å². The van der Waals surface area contributed by atoms with Crippen molar-refractivity contribution in [2.24, 2.45) is 23.7 Å². The number of rotatable bonds is 1. The Morgan fingerprint density at radius 2 is 1.81 bits per heavy atom. The molecule has 1 aromatic carbocycles. The van der Waals surface area contributed by atoms with E-state index in [1.54, 1.807) is 0 Å². The molecule has 7 atom stereocenters. The minimum absolute atomic E-state index is 0.274. The molecule has 5 aliphatic rings. The Balaban J connectivity index is 1.58. The molecule has 0 unspecified atom stereocenters. The van der Waals surface area contributed by atoms with Crippen LogP contribution in [0.5, 0.6) is 0 Å². The van der Waals surface area contributed by atoms with E-state index < -0.39 is 17.7 Å². The number of fused-ring (bicyclic) bond motifs is 2. The Morgan fingerprint density at radius 1 is 1.00 bits per heavy atom. The molecular formula is C22H28O4. The molecule has 0 N–H and O–H groups in total. The van der Waals surface area contributed by atoms with Gasteiger partial charge in [0.1, 0.15) is 5.76 Å². The number of ether oxygens (including phenoxy) is 2. The fourth-order valence-electron chi connectivity index (χ4n) is 5.69. The van der Waals surface area contributed by atoms with Gasteiger partial charge >= 0.3 is 0 Å². The number of allylic oxidation sites excluding steroid dienone is 1. The van der Waals surface area contributed by atoms with Gasteiger partial charge in [-0.3, -0.25) is 0 Å². The smallest absolute Gasteiger partial charge is 0.235 e. The van der Waals surface area contributed by atoms with E-state index in [0.717, 1.165) is 30.6 Å². The fraction of sp³-hybridized carbons (Fsp3) is 0.636. The van der Waals surface area contributed by atoms with E-state index in [9.17, 15) is 0 Å². The van der Waals surface area contributed by atoms with Crippen molar-refractivity contribution >= 4 is 6.08 Å². The van der Waals surface area contributed by atoms with Gasteiger partial charge in [-0.2, -0.15) is 0 Å². The van der Waals surface area contributed by atoms with Gasteiger partial charge in [-0.15, -0.1) is 0 Å². The van der Waals surface area contributed by atoms with Crippen LogP contribution in [0.1, 0.15) is 52.0 Å². The van der Waals surface area contributed by atoms with Crippen LogP contribution in [-0.4, -0.2) is 17.7 Å². The molecule has 1 aromatic rings. The van der Waals surface area contributed by atoms with E-state index in [0.29, 0.717) is 17.8 Å². The minimum Gasteiger partial charge on any atom is -0.466 e. The van der Waals surface area contributed by atoms with Crippen LogP contribution in [0.3, 0.4) is 0 Å². The average Bonchev–Trinajstić information content (AvgIpc) is 2.86. The summed E-state index contributed by atoms with van der Waals surface area (Å²) in [5.41, 5.74) is 0.675. The van der Waals surface area contributed by atoms with Crippen molar-refractivity contribution in [1.29, 1.82) is 0 Å². The predicted octanol–water partition coefficient (Wildman–Crippen LogP) is 4.91. The van der Waals surface area contributed by atoms with Gasteiger partial charge in [0.15, 0.2) is 5.60 Å². The normalized spacial score (nSPS) is 48.6. The van der Waals surface area contributed by atoms with Crippen LogP contribution >= 0.6 is 0 Å².